The van der Waals surface area contributed by atoms with Gasteiger partial charge < -0.3 is 40.2 Å². The Kier molecular flexibility index (Phi) is 18.0. The van der Waals surface area contributed by atoms with Crippen molar-refractivity contribution >= 4 is 62.3 Å². The first-order chi connectivity index (χ1) is 39.7. The smallest absolute Gasteiger partial charge is 0.300 e. The zero-order valence-electron chi connectivity index (χ0n) is 47.1. The van der Waals surface area contributed by atoms with Gasteiger partial charge in [0.05, 0.1) is 46.8 Å². The van der Waals surface area contributed by atoms with Crippen molar-refractivity contribution in [2.45, 2.75) is 103 Å². The lowest BCUT2D eigenvalue weighted by atomic mass is 9.90. The molecule has 426 valence electrons. The third-order valence-electron chi connectivity index (χ3n) is 15.9. The van der Waals surface area contributed by atoms with E-state index in [1.165, 1.54) is 10.9 Å². The fourth-order valence-corrected chi connectivity index (χ4v) is 11.3. The lowest BCUT2D eigenvalue weighted by Crippen LogP contribution is -2.49. The first kappa shape index (κ1) is 57.1. The average molecular weight is 1130 g/mol. The summed E-state index contributed by atoms with van der Waals surface area (Å²) in [7, 11) is 3.81. The predicted octanol–water partition coefficient (Wildman–Crippen LogP) is 10.5. The number of aromatic amines is 1. The highest BCUT2D eigenvalue weighted by atomic mass is 35.5. The molecule has 82 heavy (non-hydrogen) atoms. The van der Waals surface area contributed by atoms with E-state index in [4.69, 9.17) is 16.3 Å². The average Bonchev–Trinajstić information content (AvgIpc) is 4.33. The quantitative estimate of drug-likeness (QED) is 0.0362. The number of aryl methyl sites for hydroxylation is 3. The normalized spacial score (nSPS) is 13.7. The van der Waals surface area contributed by atoms with Crippen molar-refractivity contribution in [3.63, 3.8) is 0 Å². The van der Waals surface area contributed by atoms with Gasteiger partial charge in [0.1, 0.15) is 11.3 Å². The number of benzene rings is 5. The van der Waals surface area contributed by atoms with Gasteiger partial charge in [0, 0.05) is 87.0 Å². The third kappa shape index (κ3) is 13.6. The Balaban J connectivity index is 0.583. The van der Waals surface area contributed by atoms with Crippen LogP contribution in [0.1, 0.15) is 104 Å². The number of aliphatic hydroxyl groups is 1. The minimum atomic E-state index is -1.16. The second kappa shape index (κ2) is 25.8. The predicted molar refractivity (Wildman–Crippen MR) is 322 cm³/mol. The van der Waals surface area contributed by atoms with Gasteiger partial charge in [-0.1, -0.05) is 117 Å². The van der Waals surface area contributed by atoms with Crippen LogP contribution in [-0.4, -0.2) is 99.9 Å². The number of fused-ring (bicyclic) bond motifs is 3. The maximum absolute atomic E-state index is 13.7. The van der Waals surface area contributed by atoms with Gasteiger partial charge in [-0.2, -0.15) is 10.1 Å². The Bertz CT molecular complexity index is 3780. The van der Waals surface area contributed by atoms with Crippen molar-refractivity contribution in [2.24, 2.45) is 14.1 Å². The zero-order chi connectivity index (χ0) is 57.3. The van der Waals surface area contributed by atoms with E-state index in [0.29, 0.717) is 85.5 Å². The van der Waals surface area contributed by atoms with Crippen LogP contribution in [0.2, 0.25) is 5.02 Å². The number of unbranched alkanes of at least 4 members (excludes halogenated alkanes) is 6. The molecule has 10 rings (SSSR count). The fraction of sp³-hybridized carbons (Fsp3) is 0.359. The molecule has 0 radical (unpaired) electrons. The highest BCUT2D eigenvalue weighted by Gasteiger charge is 2.35. The molecule has 4 aromatic heterocycles. The van der Waals surface area contributed by atoms with E-state index in [2.05, 4.69) is 71.8 Å². The SMILES string of the molecule is Cc1ccc(Oc2nc3cc(-c4ccc5c(ccn5C)c4)c(Cl)cc3[nH]2)cc1C(=O)NCCCCCCCCCNC(=O)CNCc1ccc(-c2c3ncn(CC4(O)CCN(C(=O)C[C@@H](C)c5ccccc5)CC4)c(=O)c3nn2C)cc1. The molecule has 0 spiro atoms. The summed E-state index contributed by atoms with van der Waals surface area (Å²) in [4.78, 5) is 67.1. The van der Waals surface area contributed by atoms with Gasteiger partial charge in [0.15, 0.2) is 5.52 Å². The number of rotatable bonds is 24. The van der Waals surface area contributed by atoms with Gasteiger partial charge in [-0.3, -0.25) is 28.4 Å². The van der Waals surface area contributed by atoms with Gasteiger partial charge in [0.25, 0.3) is 17.5 Å². The molecule has 5 heterocycles. The van der Waals surface area contributed by atoms with Gasteiger partial charge in [-0.25, -0.2) is 4.98 Å². The van der Waals surface area contributed by atoms with Crippen LogP contribution in [0.25, 0.3) is 55.4 Å². The molecule has 1 atom stereocenters. The number of ether oxygens (including phenoxy) is 1. The van der Waals surface area contributed by atoms with Crippen LogP contribution in [0.3, 0.4) is 0 Å². The molecule has 5 aromatic carbocycles. The Morgan fingerprint density at radius 1 is 0.829 bits per heavy atom. The van der Waals surface area contributed by atoms with Gasteiger partial charge in [-0.15, -0.1) is 0 Å². The first-order valence-electron chi connectivity index (χ1n) is 28.5. The number of piperidine rings is 1. The molecule has 1 aliphatic heterocycles. The number of H-pyrrole nitrogens is 1. The van der Waals surface area contributed by atoms with E-state index < -0.39 is 5.60 Å². The number of carbonyl (C=O) groups excluding carboxylic acids is 3. The van der Waals surface area contributed by atoms with Crippen LogP contribution in [0.4, 0.5) is 0 Å². The Morgan fingerprint density at radius 3 is 2.30 bits per heavy atom. The maximum atomic E-state index is 13.7. The number of amides is 3. The van der Waals surface area contributed by atoms with Crippen molar-refractivity contribution in [3.05, 3.63) is 159 Å². The molecule has 17 nitrogen and oxygen atoms in total. The molecule has 0 bridgehead atoms. The zero-order valence-corrected chi connectivity index (χ0v) is 47.9. The van der Waals surface area contributed by atoms with Crippen LogP contribution < -0.4 is 26.2 Å². The Labute approximate surface area is 482 Å². The van der Waals surface area contributed by atoms with Crippen LogP contribution in [0.5, 0.6) is 11.8 Å². The van der Waals surface area contributed by atoms with Crippen LogP contribution in [-0.2, 0) is 36.8 Å². The molecule has 0 unspecified atom stereocenters. The number of nitrogens with one attached hydrogen (secondary N) is 4. The third-order valence-corrected chi connectivity index (χ3v) is 16.2. The highest BCUT2D eigenvalue weighted by Crippen LogP contribution is 2.35. The molecule has 1 fully saturated rings. The van der Waals surface area contributed by atoms with Crippen LogP contribution >= 0.6 is 11.6 Å². The minimum absolute atomic E-state index is 0.0491. The molecule has 0 saturated carbocycles. The van der Waals surface area contributed by atoms with Crippen LogP contribution in [0, 0.1) is 6.92 Å². The van der Waals surface area contributed by atoms with E-state index in [0.717, 1.165) is 100 Å². The van der Waals surface area contributed by atoms with Gasteiger partial charge in [-0.05, 0) is 103 Å². The van der Waals surface area contributed by atoms with Gasteiger partial charge >= 0.3 is 0 Å². The number of imidazole rings is 1. The molecule has 3 amide bonds. The summed E-state index contributed by atoms with van der Waals surface area (Å²) < 4.78 is 11.3. The second-order valence-corrected chi connectivity index (χ2v) is 22.4. The molecule has 0 aliphatic carbocycles. The molecule has 1 aliphatic rings. The Hall–Kier alpha value is -8.12. The topological polar surface area (TPSA) is 206 Å². The van der Waals surface area contributed by atoms with Gasteiger partial charge in [0.2, 0.25) is 11.8 Å². The van der Waals surface area contributed by atoms with Crippen molar-refractivity contribution in [3.8, 4) is 34.1 Å². The lowest BCUT2D eigenvalue weighted by Gasteiger charge is -2.38. The fourth-order valence-electron chi connectivity index (χ4n) is 11.0. The maximum Gasteiger partial charge on any atom is 0.300 e. The van der Waals surface area contributed by atoms with E-state index in [9.17, 15) is 24.3 Å². The molecule has 5 N–H and O–H groups in total. The summed E-state index contributed by atoms with van der Waals surface area (Å²) in [5.41, 5.74) is 8.80. The van der Waals surface area contributed by atoms with Crippen molar-refractivity contribution in [2.75, 3.05) is 32.7 Å². The van der Waals surface area contributed by atoms with Crippen molar-refractivity contribution in [1.29, 1.82) is 0 Å². The summed E-state index contributed by atoms with van der Waals surface area (Å²) in [5.74, 6) is 0.475. The summed E-state index contributed by atoms with van der Waals surface area (Å²) in [5, 5.41) is 27.2. The number of hydrogen-bond donors (Lipinski definition) is 5. The first-order valence-corrected chi connectivity index (χ1v) is 28.9. The molecule has 1 saturated heterocycles. The standard InChI is InChI=1S/C64H72ClN11O6/c1-42-17-23-49(82-63-70-53-36-51(52(65)37-54(53)71-63)47-22-24-55-48(34-47)25-30-73(55)3)35-50(42)61(79)68-29-14-9-7-5-6-8-13-28-67-56(77)39-66-38-44-18-20-46(21-19-44)60-58-59(72-74(60)4)62(80)76(41-69-58)40-64(81)26-31-75(32-27-64)57(78)33-43(2)45-15-11-10-12-16-45/h10-12,15-25,30,34-37,41,43,66,81H,5-9,13-14,26-29,31-33,38-40H2,1-4H3,(H,67,77)(H,68,79)(H,70,71)/t43-/m1/s1. The highest BCUT2D eigenvalue weighted by molar-refractivity contribution is 6.34. The number of nitrogens with zero attached hydrogens (tertiary/aromatic N) is 7. The van der Waals surface area contributed by atoms with E-state index >= 15 is 0 Å². The number of hydrogen-bond acceptors (Lipinski definition) is 10. The molecule has 9 aromatic rings. The van der Waals surface area contributed by atoms with E-state index in [-0.39, 0.29) is 47.8 Å². The molecular formula is C64H72ClN11O6. The second-order valence-electron chi connectivity index (χ2n) is 22.0. The monoisotopic (exact) mass is 1130 g/mol. The molecular weight excluding hydrogens is 1050 g/mol. The summed E-state index contributed by atoms with van der Waals surface area (Å²) in [6, 6.07) is 35.8. The van der Waals surface area contributed by atoms with E-state index in [1.54, 1.807) is 17.8 Å². The lowest BCUT2D eigenvalue weighted by molar-refractivity contribution is -0.136. The largest absolute Gasteiger partial charge is 0.426 e. The number of likely N-dealkylation sites (tertiary alicyclic amines) is 1. The number of carbonyl (C=O) groups is 3. The van der Waals surface area contributed by atoms with E-state index in [1.807, 2.05) is 104 Å². The summed E-state index contributed by atoms with van der Waals surface area (Å²) in [6.45, 7) is 6.78. The number of halogens is 1. The number of aromatic nitrogens is 7. The van der Waals surface area contributed by atoms with Crippen molar-refractivity contribution < 1.29 is 24.2 Å². The van der Waals surface area contributed by atoms with Crippen molar-refractivity contribution in [1.82, 2.24) is 54.7 Å². The minimum Gasteiger partial charge on any atom is -0.426 e. The summed E-state index contributed by atoms with van der Waals surface area (Å²) >= 11 is 6.76. The summed E-state index contributed by atoms with van der Waals surface area (Å²) in [6.07, 6.45) is 11.7. The molecule has 18 heteroatoms. The Morgan fingerprint density at radius 2 is 1.55 bits per heavy atom. The van der Waals surface area contributed by atoms with Crippen LogP contribution in [0.15, 0.2) is 127 Å².